The number of aliphatic hydroxyl groups is 1. The van der Waals surface area contributed by atoms with Crippen molar-refractivity contribution < 1.29 is 9.90 Å². The van der Waals surface area contributed by atoms with Gasteiger partial charge in [0.25, 0.3) is 5.91 Å². The highest BCUT2D eigenvalue weighted by molar-refractivity contribution is 5.82. The highest BCUT2D eigenvalue weighted by atomic mass is 16.3. The molecule has 2 atom stereocenters. The first-order valence-electron chi connectivity index (χ1n) is 8.13. The SMILES string of the molecule is CN(Cc1ncccn1)[C@H]1CCN(C(=O)[C@@H](O)c2ccccc2)C1. The van der Waals surface area contributed by atoms with Gasteiger partial charge in [-0.25, -0.2) is 9.97 Å². The van der Waals surface area contributed by atoms with E-state index in [1.807, 2.05) is 25.2 Å². The number of rotatable bonds is 5. The second-order valence-corrected chi connectivity index (χ2v) is 6.12. The van der Waals surface area contributed by atoms with Crippen molar-refractivity contribution in [2.24, 2.45) is 0 Å². The number of hydrogen-bond acceptors (Lipinski definition) is 5. The molecule has 1 saturated heterocycles. The van der Waals surface area contributed by atoms with Gasteiger partial charge in [0, 0.05) is 31.5 Å². The molecule has 0 spiro atoms. The van der Waals surface area contributed by atoms with Gasteiger partial charge in [-0.1, -0.05) is 30.3 Å². The van der Waals surface area contributed by atoms with Gasteiger partial charge in [0.05, 0.1) is 6.54 Å². The van der Waals surface area contributed by atoms with Gasteiger partial charge in [-0.3, -0.25) is 9.69 Å². The molecule has 0 unspecified atom stereocenters. The van der Waals surface area contributed by atoms with E-state index in [1.54, 1.807) is 35.5 Å². The van der Waals surface area contributed by atoms with E-state index < -0.39 is 6.10 Å². The summed E-state index contributed by atoms with van der Waals surface area (Å²) >= 11 is 0. The zero-order valence-electron chi connectivity index (χ0n) is 13.7. The predicted octanol–water partition coefficient (Wildman–Crippen LogP) is 1.24. The maximum Gasteiger partial charge on any atom is 0.256 e. The summed E-state index contributed by atoms with van der Waals surface area (Å²) in [4.78, 5) is 24.9. The maximum atomic E-state index is 12.5. The molecule has 126 valence electrons. The highest BCUT2D eigenvalue weighted by Crippen LogP contribution is 2.21. The third-order valence-electron chi connectivity index (χ3n) is 4.46. The Balaban J connectivity index is 1.57. The molecule has 6 heteroatoms. The van der Waals surface area contributed by atoms with Gasteiger partial charge < -0.3 is 10.0 Å². The molecule has 2 heterocycles. The number of carbonyl (C=O) groups is 1. The number of aromatic nitrogens is 2. The molecule has 1 fully saturated rings. The second-order valence-electron chi connectivity index (χ2n) is 6.12. The van der Waals surface area contributed by atoms with E-state index in [1.165, 1.54) is 0 Å². The van der Waals surface area contributed by atoms with Gasteiger partial charge in [-0.15, -0.1) is 0 Å². The third-order valence-corrected chi connectivity index (χ3v) is 4.46. The van der Waals surface area contributed by atoms with Crippen molar-refractivity contribution in [3.05, 3.63) is 60.2 Å². The van der Waals surface area contributed by atoms with Crippen LogP contribution in [0.2, 0.25) is 0 Å². The molecule has 0 saturated carbocycles. The number of nitrogens with zero attached hydrogens (tertiary/aromatic N) is 4. The number of carbonyl (C=O) groups excluding carboxylic acids is 1. The molecule has 6 nitrogen and oxygen atoms in total. The molecular formula is C18H22N4O2. The molecule has 0 bridgehead atoms. The van der Waals surface area contributed by atoms with Crippen LogP contribution in [0.15, 0.2) is 48.8 Å². The minimum absolute atomic E-state index is 0.229. The first kappa shape index (κ1) is 16.5. The van der Waals surface area contributed by atoms with E-state index in [0.717, 1.165) is 12.2 Å². The van der Waals surface area contributed by atoms with E-state index in [9.17, 15) is 9.90 Å². The summed E-state index contributed by atoms with van der Waals surface area (Å²) in [7, 11) is 2.02. The minimum atomic E-state index is -1.09. The van der Waals surface area contributed by atoms with Crippen molar-refractivity contribution in [3.63, 3.8) is 0 Å². The van der Waals surface area contributed by atoms with Crippen molar-refractivity contribution in [2.75, 3.05) is 20.1 Å². The lowest BCUT2D eigenvalue weighted by Gasteiger charge is -2.25. The van der Waals surface area contributed by atoms with Gasteiger partial charge >= 0.3 is 0 Å². The molecule has 1 N–H and O–H groups in total. The van der Waals surface area contributed by atoms with Crippen LogP contribution in [-0.2, 0) is 11.3 Å². The molecule has 2 aromatic rings. The minimum Gasteiger partial charge on any atom is -0.378 e. The number of amides is 1. The largest absolute Gasteiger partial charge is 0.378 e. The average molecular weight is 326 g/mol. The van der Waals surface area contributed by atoms with Gasteiger partial charge in [0.1, 0.15) is 5.82 Å². The molecule has 24 heavy (non-hydrogen) atoms. The van der Waals surface area contributed by atoms with Crippen molar-refractivity contribution in [1.29, 1.82) is 0 Å². The Morgan fingerprint density at radius 2 is 2.00 bits per heavy atom. The van der Waals surface area contributed by atoms with Gasteiger partial charge in [0.2, 0.25) is 0 Å². The van der Waals surface area contributed by atoms with Gasteiger partial charge in [0.15, 0.2) is 6.10 Å². The first-order valence-corrected chi connectivity index (χ1v) is 8.13. The molecular weight excluding hydrogens is 304 g/mol. The van der Waals surface area contributed by atoms with Crippen LogP contribution in [0.5, 0.6) is 0 Å². The second kappa shape index (κ2) is 7.51. The molecule has 0 aliphatic carbocycles. The van der Waals surface area contributed by atoms with Crippen LogP contribution in [0, 0.1) is 0 Å². The Labute approximate surface area is 141 Å². The molecule has 1 aromatic heterocycles. The average Bonchev–Trinajstić information content (AvgIpc) is 3.12. The van der Waals surface area contributed by atoms with E-state index in [2.05, 4.69) is 14.9 Å². The van der Waals surface area contributed by atoms with Crippen LogP contribution in [0.25, 0.3) is 0 Å². The normalized spacial score (nSPS) is 18.8. The lowest BCUT2D eigenvalue weighted by Crippen LogP contribution is -2.38. The Morgan fingerprint density at radius 3 is 2.71 bits per heavy atom. The van der Waals surface area contributed by atoms with Crippen LogP contribution in [-0.4, -0.2) is 57.0 Å². The summed E-state index contributed by atoms with van der Waals surface area (Å²) in [6, 6.07) is 11.1. The number of benzene rings is 1. The summed E-state index contributed by atoms with van der Waals surface area (Å²) in [6.45, 7) is 1.92. The summed E-state index contributed by atoms with van der Waals surface area (Å²) in [5.74, 6) is 0.544. The lowest BCUT2D eigenvalue weighted by atomic mass is 10.1. The van der Waals surface area contributed by atoms with Crippen molar-refractivity contribution >= 4 is 5.91 Å². The predicted molar refractivity (Wildman–Crippen MR) is 89.9 cm³/mol. The van der Waals surface area contributed by atoms with E-state index in [4.69, 9.17) is 0 Å². The summed E-state index contributed by atoms with van der Waals surface area (Å²) in [5.41, 5.74) is 0.636. The van der Waals surface area contributed by atoms with Crippen molar-refractivity contribution in [1.82, 2.24) is 19.8 Å². The van der Waals surface area contributed by atoms with Gasteiger partial charge in [-0.05, 0) is 25.1 Å². The third kappa shape index (κ3) is 3.77. The molecule has 1 aliphatic heterocycles. The zero-order valence-corrected chi connectivity index (χ0v) is 13.7. The first-order chi connectivity index (χ1) is 11.6. The van der Waals surface area contributed by atoms with E-state index in [0.29, 0.717) is 25.2 Å². The van der Waals surface area contributed by atoms with Crippen LogP contribution < -0.4 is 0 Å². The van der Waals surface area contributed by atoms with Crippen molar-refractivity contribution in [2.45, 2.75) is 25.1 Å². The number of hydrogen-bond donors (Lipinski definition) is 1. The Kier molecular flexibility index (Phi) is 5.17. The molecule has 1 aliphatic rings. The molecule has 1 aromatic carbocycles. The fourth-order valence-electron chi connectivity index (χ4n) is 3.02. The lowest BCUT2D eigenvalue weighted by molar-refractivity contribution is -0.139. The summed E-state index contributed by atoms with van der Waals surface area (Å²) in [6.07, 6.45) is 3.26. The van der Waals surface area contributed by atoms with Gasteiger partial charge in [-0.2, -0.15) is 0 Å². The summed E-state index contributed by atoms with van der Waals surface area (Å²) < 4.78 is 0. The smallest absolute Gasteiger partial charge is 0.256 e. The zero-order chi connectivity index (χ0) is 16.9. The topological polar surface area (TPSA) is 69.6 Å². The number of aliphatic hydroxyl groups excluding tert-OH is 1. The van der Waals surface area contributed by atoms with Crippen LogP contribution in [0.3, 0.4) is 0 Å². The van der Waals surface area contributed by atoms with Crippen LogP contribution in [0.4, 0.5) is 0 Å². The molecule has 0 radical (unpaired) electrons. The maximum absolute atomic E-state index is 12.5. The summed E-state index contributed by atoms with van der Waals surface area (Å²) in [5, 5.41) is 10.3. The Morgan fingerprint density at radius 1 is 1.29 bits per heavy atom. The Bertz CT molecular complexity index is 665. The number of likely N-dealkylation sites (tertiary alicyclic amines) is 1. The fraction of sp³-hybridized carbons (Fsp3) is 0.389. The Hall–Kier alpha value is -2.31. The molecule has 1 amide bonds. The van der Waals surface area contributed by atoms with E-state index in [-0.39, 0.29) is 11.9 Å². The monoisotopic (exact) mass is 326 g/mol. The van der Waals surface area contributed by atoms with E-state index >= 15 is 0 Å². The fourth-order valence-corrected chi connectivity index (χ4v) is 3.02. The standard InChI is InChI=1S/C18H22N4O2/c1-21(13-16-19-9-5-10-20-16)15-8-11-22(12-15)18(24)17(23)14-6-3-2-4-7-14/h2-7,9-10,15,17,23H,8,11-13H2,1H3/t15-,17-/m0/s1. The highest BCUT2D eigenvalue weighted by Gasteiger charge is 2.32. The quantitative estimate of drug-likeness (QED) is 0.895. The van der Waals surface area contributed by atoms with Crippen LogP contribution in [0.1, 0.15) is 23.9 Å². The molecule has 3 rings (SSSR count). The van der Waals surface area contributed by atoms with Crippen molar-refractivity contribution in [3.8, 4) is 0 Å². The number of likely N-dealkylation sites (N-methyl/N-ethyl adjacent to an activating group) is 1. The van der Waals surface area contributed by atoms with Crippen LogP contribution >= 0.6 is 0 Å².